The smallest absolute Gasteiger partial charge is 0.262 e. The molecule has 0 aliphatic carbocycles. The highest BCUT2D eigenvalue weighted by Crippen LogP contribution is 2.27. The molecular weight excluding hydrogens is 275 g/mol. The van der Waals surface area contributed by atoms with Crippen molar-refractivity contribution in [1.29, 1.82) is 0 Å². The molecule has 0 aliphatic heterocycles. The lowest BCUT2D eigenvalue weighted by molar-refractivity contribution is 0.450. The summed E-state index contributed by atoms with van der Waals surface area (Å²) in [6, 6.07) is 6.62. The van der Waals surface area contributed by atoms with E-state index in [-0.39, 0.29) is 17.3 Å². The predicted octanol–water partition coefficient (Wildman–Crippen LogP) is 3.10. The number of benzene rings is 1. The van der Waals surface area contributed by atoms with Crippen molar-refractivity contribution < 1.29 is 5.11 Å². The molecule has 0 spiro atoms. The lowest BCUT2D eigenvalue weighted by atomic mass is 10.1. The number of nitrogens with one attached hydrogen (secondary N) is 1. The average Bonchev–Trinajstić information content (AvgIpc) is 2.27. The fourth-order valence-electron chi connectivity index (χ4n) is 1.57. The van der Waals surface area contributed by atoms with Gasteiger partial charge < -0.3 is 10.1 Å². The van der Waals surface area contributed by atoms with E-state index in [1.807, 2.05) is 0 Å². The van der Waals surface area contributed by atoms with Gasteiger partial charge in [-0.25, -0.2) is 0 Å². The van der Waals surface area contributed by atoms with Crippen molar-refractivity contribution >= 4 is 23.2 Å². The van der Waals surface area contributed by atoms with Crippen molar-refractivity contribution in [3.05, 3.63) is 45.5 Å². The molecule has 1 aromatic carbocycles. The van der Waals surface area contributed by atoms with Crippen LogP contribution in [-0.4, -0.2) is 15.1 Å². The van der Waals surface area contributed by atoms with E-state index in [0.717, 1.165) is 0 Å². The summed E-state index contributed by atoms with van der Waals surface area (Å²) >= 11 is 11.7. The Hall–Kier alpha value is -1.52. The molecule has 0 aliphatic rings. The number of halogens is 2. The van der Waals surface area contributed by atoms with E-state index in [1.54, 1.807) is 31.2 Å². The minimum atomic E-state index is -0.489. The van der Waals surface area contributed by atoms with Crippen LogP contribution >= 0.6 is 23.2 Å². The average molecular weight is 285 g/mol. The summed E-state index contributed by atoms with van der Waals surface area (Å²) < 4.78 is 0. The third kappa shape index (κ3) is 2.49. The van der Waals surface area contributed by atoms with Gasteiger partial charge in [0, 0.05) is 5.02 Å². The normalized spacial score (nSPS) is 12.4. The molecule has 6 heteroatoms. The molecule has 0 saturated heterocycles. The van der Waals surface area contributed by atoms with Gasteiger partial charge in [-0.05, 0) is 24.6 Å². The van der Waals surface area contributed by atoms with Crippen molar-refractivity contribution in [3.8, 4) is 17.0 Å². The second kappa shape index (κ2) is 5.00. The van der Waals surface area contributed by atoms with Crippen LogP contribution in [0.1, 0.15) is 18.1 Å². The van der Waals surface area contributed by atoms with Crippen LogP contribution in [0, 0.1) is 0 Å². The quantitative estimate of drug-likeness (QED) is 0.833. The zero-order chi connectivity index (χ0) is 13.3. The van der Waals surface area contributed by atoms with Crippen molar-refractivity contribution in [2.75, 3.05) is 0 Å². The highest BCUT2D eigenvalue weighted by molar-refractivity contribution is 6.30. The molecule has 1 atom stereocenters. The molecule has 1 heterocycles. The van der Waals surface area contributed by atoms with Gasteiger partial charge in [0.05, 0.1) is 5.38 Å². The van der Waals surface area contributed by atoms with E-state index in [0.29, 0.717) is 10.6 Å². The maximum absolute atomic E-state index is 11.9. The van der Waals surface area contributed by atoms with Crippen molar-refractivity contribution in [2.24, 2.45) is 0 Å². The molecule has 0 radical (unpaired) electrons. The Balaban J connectivity index is 2.63. The van der Waals surface area contributed by atoms with Gasteiger partial charge in [-0.15, -0.1) is 11.6 Å². The van der Waals surface area contributed by atoms with Crippen LogP contribution in [0.2, 0.25) is 5.02 Å². The van der Waals surface area contributed by atoms with Gasteiger partial charge in [-0.2, -0.15) is 4.98 Å². The lowest BCUT2D eigenvalue weighted by Gasteiger charge is -2.07. The third-order valence-corrected chi connectivity index (χ3v) is 2.85. The number of hydrogen-bond acceptors (Lipinski definition) is 3. The third-order valence-electron chi connectivity index (χ3n) is 2.41. The fraction of sp³-hybridized carbons (Fsp3) is 0.167. The number of rotatable bonds is 2. The van der Waals surface area contributed by atoms with E-state index < -0.39 is 10.9 Å². The number of hydrogen-bond donors (Lipinski definition) is 2. The maximum Gasteiger partial charge on any atom is 0.262 e. The van der Waals surface area contributed by atoms with Crippen LogP contribution in [0.25, 0.3) is 11.1 Å². The highest BCUT2D eigenvalue weighted by atomic mass is 35.5. The van der Waals surface area contributed by atoms with Crippen LogP contribution in [0.5, 0.6) is 5.88 Å². The van der Waals surface area contributed by atoms with Crippen molar-refractivity contribution in [1.82, 2.24) is 9.97 Å². The zero-order valence-electron chi connectivity index (χ0n) is 9.45. The van der Waals surface area contributed by atoms with Crippen molar-refractivity contribution in [3.63, 3.8) is 0 Å². The van der Waals surface area contributed by atoms with Crippen LogP contribution in [0.3, 0.4) is 0 Å². The Morgan fingerprint density at radius 1 is 1.44 bits per heavy atom. The molecule has 94 valence electrons. The summed E-state index contributed by atoms with van der Waals surface area (Å²) in [7, 11) is 0. The highest BCUT2D eigenvalue weighted by Gasteiger charge is 2.15. The van der Waals surface area contributed by atoms with Gasteiger partial charge >= 0.3 is 0 Å². The minimum absolute atomic E-state index is 0.0820. The zero-order valence-corrected chi connectivity index (χ0v) is 11.0. The first-order valence-corrected chi connectivity index (χ1v) is 6.03. The topological polar surface area (TPSA) is 66.0 Å². The summed E-state index contributed by atoms with van der Waals surface area (Å²) in [6.45, 7) is 1.65. The fourth-order valence-corrected chi connectivity index (χ4v) is 1.86. The Morgan fingerprint density at radius 2 is 2.17 bits per heavy atom. The second-order valence-electron chi connectivity index (χ2n) is 3.78. The number of aromatic hydroxyl groups is 1. The first-order chi connectivity index (χ1) is 8.49. The molecular formula is C12H10Cl2N2O2. The van der Waals surface area contributed by atoms with Crippen LogP contribution in [-0.2, 0) is 0 Å². The molecule has 0 fully saturated rings. The molecule has 0 bridgehead atoms. The number of H-pyrrole nitrogens is 1. The van der Waals surface area contributed by atoms with E-state index in [1.165, 1.54) is 0 Å². The van der Waals surface area contributed by atoms with Crippen molar-refractivity contribution in [2.45, 2.75) is 12.3 Å². The molecule has 18 heavy (non-hydrogen) atoms. The van der Waals surface area contributed by atoms with E-state index in [4.69, 9.17) is 23.2 Å². The number of aromatic amines is 1. The summed E-state index contributed by atoms with van der Waals surface area (Å²) in [6.07, 6.45) is 0. The molecule has 1 unspecified atom stereocenters. The molecule has 4 nitrogen and oxygen atoms in total. The standard InChI is InChI=1S/C12H10Cl2N2O2/c1-6(13)10-15-11(17)9(12(18)16-10)7-3-2-4-8(14)5-7/h2-6H,1H3,(H2,15,16,17,18). The number of aromatic nitrogens is 2. The maximum atomic E-state index is 11.9. The summed E-state index contributed by atoms with van der Waals surface area (Å²) in [5, 5.41) is 9.82. The predicted molar refractivity (Wildman–Crippen MR) is 71.2 cm³/mol. The van der Waals surface area contributed by atoms with Gasteiger partial charge in [-0.1, -0.05) is 23.7 Å². The van der Waals surface area contributed by atoms with E-state index >= 15 is 0 Å². The Morgan fingerprint density at radius 3 is 2.72 bits per heavy atom. The Bertz CT molecular complexity index is 638. The SMILES string of the molecule is CC(Cl)c1nc(O)c(-c2cccc(Cl)c2)c(=O)[nH]1. The van der Waals surface area contributed by atoms with Gasteiger partial charge in [0.25, 0.3) is 5.56 Å². The first-order valence-electron chi connectivity index (χ1n) is 5.22. The molecule has 0 saturated carbocycles. The molecule has 1 aromatic heterocycles. The largest absolute Gasteiger partial charge is 0.493 e. The summed E-state index contributed by atoms with van der Waals surface area (Å²) in [5.74, 6) is -0.131. The van der Waals surface area contributed by atoms with Gasteiger partial charge in [0.1, 0.15) is 11.4 Å². The monoisotopic (exact) mass is 284 g/mol. The second-order valence-corrected chi connectivity index (χ2v) is 4.87. The van der Waals surface area contributed by atoms with Crippen LogP contribution in [0.15, 0.2) is 29.1 Å². The van der Waals surface area contributed by atoms with Gasteiger partial charge in [-0.3, -0.25) is 4.79 Å². The van der Waals surface area contributed by atoms with E-state index in [9.17, 15) is 9.90 Å². The van der Waals surface area contributed by atoms with Crippen LogP contribution < -0.4 is 5.56 Å². The van der Waals surface area contributed by atoms with Gasteiger partial charge in [0.15, 0.2) is 0 Å². The van der Waals surface area contributed by atoms with E-state index in [2.05, 4.69) is 9.97 Å². The van der Waals surface area contributed by atoms with Crippen LogP contribution in [0.4, 0.5) is 0 Å². The number of alkyl halides is 1. The Labute approximate surface area is 113 Å². The molecule has 2 N–H and O–H groups in total. The summed E-state index contributed by atoms with van der Waals surface area (Å²) in [5.41, 5.74) is 0.133. The summed E-state index contributed by atoms with van der Waals surface area (Å²) in [4.78, 5) is 18.3. The molecule has 2 rings (SSSR count). The Kier molecular flexibility index (Phi) is 3.59. The lowest BCUT2D eigenvalue weighted by Crippen LogP contribution is -2.14. The first kappa shape index (κ1) is 12.9. The molecule has 2 aromatic rings. The number of nitrogens with zero attached hydrogens (tertiary/aromatic N) is 1. The minimum Gasteiger partial charge on any atom is -0.493 e. The molecule has 0 amide bonds. The van der Waals surface area contributed by atoms with Gasteiger partial charge in [0.2, 0.25) is 5.88 Å².